The first-order valence-electron chi connectivity index (χ1n) is 6.45. The Balaban J connectivity index is 2.09. The molecular formula is C13H21N3O2S. The van der Waals surface area contributed by atoms with Crippen molar-refractivity contribution in [2.24, 2.45) is 5.14 Å². The van der Waals surface area contributed by atoms with E-state index in [1.807, 2.05) is 6.92 Å². The SMILES string of the molecule is Cc1cc(S(N)(=O)=O)ccc1NC1CCN(C)CC1. The number of nitrogens with one attached hydrogen (secondary N) is 1. The number of hydrogen-bond acceptors (Lipinski definition) is 4. The van der Waals surface area contributed by atoms with Crippen LogP contribution in [0.2, 0.25) is 0 Å². The van der Waals surface area contributed by atoms with E-state index < -0.39 is 10.0 Å². The molecule has 0 unspecified atom stereocenters. The van der Waals surface area contributed by atoms with Crippen molar-refractivity contribution < 1.29 is 8.42 Å². The fraction of sp³-hybridized carbons (Fsp3) is 0.538. The summed E-state index contributed by atoms with van der Waals surface area (Å²) in [5.41, 5.74) is 1.90. The minimum Gasteiger partial charge on any atom is -0.382 e. The summed E-state index contributed by atoms with van der Waals surface area (Å²) in [4.78, 5) is 2.48. The van der Waals surface area contributed by atoms with Crippen LogP contribution in [0.3, 0.4) is 0 Å². The molecule has 0 amide bonds. The highest BCUT2D eigenvalue weighted by atomic mass is 32.2. The van der Waals surface area contributed by atoms with Gasteiger partial charge in [-0.3, -0.25) is 0 Å². The van der Waals surface area contributed by atoms with Crippen LogP contribution >= 0.6 is 0 Å². The van der Waals surface area contributed by atoms with Gasteiger partial charge in [-0.15, -0.1) is 0 Å². The van der Waals surface area contributed by atoms with E-state index in [2.05, 4.69) is 17.3 Å². The number of hydrogen-bond donors (Lipinski definition) is 2. The largest absolute Gasteiger partial charge is 0.382 e. The third-order valence-corrected chi connectivity index (χ3v) is 4.52. The van der Waals surface area contributed by atoms with Gasteiger partial charge in [0.05, 0.1) is 4.90 Å². The highest BCUT2D eigenvalue weighted by Crippen LogP contribution is 2.22. The van der Waals surface area contributed by atoms with Crippen molar-refractivity contribution in [3.8, 4) is 0 Å². The Morgan fingerprint density at radius 1 is 1.32 bits per heavy atom. The maximum absolute atomic E-state index is 11.3. The smallest absolute Gasteiger partial charge is 0.238 e. The molecule has 3 N–H and O–H groups in total. The number of nitrogens with two attached hydrogens (primary N) is 1. The van der Waals surface area contributed by atoms with Crippen molar-refractivity contribution in [3.05, 3.63) is 23.8 Å². The second kappa shape index (κ2) is 5.48. The van der Waals surface area contributed by atoms with E-state index >= 15 is 0 Å². The highest BCUT2D eigenvalue weighted by Gasteiger charge is 2.17. The Labute approximate surface area is 114 Å². The summed E-state index contributed by atoms with van der Waals surface area (Å²) >= 11 is 0. The number of primary sulfonamides is 1. The van der Waals surface area contributed by atoms with Crippen LogP contribution in [0.4, 0.5) is 5.69 Å². The summed E-state index contributed by atoms with van der Waals surface area (Å²) in [5, 5.41) is 8.61. The minimum absolute atomic E-state index is 0.166. The molecule has 6 heteroatoms. The van der Waals surface area contributed by atoms with Gasteiger partial charge >= 0.3 is 0 Å². The lowest BCUT2D eigenvalue weighted by atomic mass is 10.0. The average molecular weight is 283 g/mol. The summed E-state index contributed by atoms with van der Waals surface area (Å²) < 4.78 is 22.5. The number of rotatable bonds is 3. The molecule has 0 saturated carbocycles. The number of nitrogens with zero attached hydrogens (tertiary/aromatic N) is 1. The third kappa shape index (κ3) is 3.68. The monoisotopic (exact) mass is 283 g/mol. The Morgan fingerprint density at radius 2 is 1.95 bits per heavy atom. The summed E-state index contributed by atoms with van der Waals surface area (Å²) in [7, 11) is -1.49. The van der Waals surface area contributed by atoms with E-state index in [1.54, 1.807) is 18.2 Å². The molecule has 106 valence electrons. The zero-order valence-corrected chi connectivity index (χ0v) is 12.2. The summed E-state index contributed by atoms with van der Waals surface area (Å²) in [6, 6.07) is 5.43. The van der Waals surface area contributed by atoms with Gasteiger partial charge in [0.1, 0.15) is 0 Å². The van der Waals surface area contributed by atoms with Gasteiger partial charge in [0.15, 0.2) is 0 Å². The zero-order chi connectivity index (χ0) is 14.0. The van der Waals surface area contributed by atoms with Gasteiger partial charge in [0, 0.05) is 11.7 Å². The molecule has 2 rings (SSSR count). The van der Waals surface area contributed by atoms with E-state index in [4.69, 9.17) is 5.14 Å². The van der Waals surface area contributed by atoms with E-state index in [9.17, 15) is 8.42 Å². The van der Waals surface area contributed by atoms with Crippen LogP contribution in [-0.4, -0.2) is 39.5 Å². The summed E-state index contributed by atoms with van der Waals surface area (Å²) in [5.74, 6) is 0. The van der Waals surface area contributed by atoms with Crippen LogP contribution in [0.25, 0.3) is 0 Å². The molecular weight excluding hydrogens is 262 g/mol. The number of aryl methyl sites for hydroxylation is 1. The van der Waals surface area contributed by atoms with E-state index in [1.165, 1.54) is 0 Å². The first kappa shape index (κ1) is 14.3. The molecule has 1 heterocycles. The van der Waals surface area contributed by atoms with Crippen LogP contribution in [0.15, 0.2) is 23.1 Å². The molecule has 1 aromatic rings. The lowest BCUT2D eigenvalue weighted by Crippen LogP contribution is -2.36. The van der Waals surface area contributed by atoms with Gasteiger partial charge in [-0.25, -0.2) is 13.6 Å². The molecule has 1 saturated heterocycles. The van der Waals surface area contributed by atoms with Crippen molar-refractivity contribution in [2.75, 3.05) is 25.5 Å². The minimum atomic E-state index is -3.62. The average Bonchev–Trinajstić information content (AvgIpc) is 2.33. The van der Waals surface area contributed by atoms with Crippen LogP contribution in [0.1, 0.15) is 18.4 Å². The van der Waals surface area contributed by atoms with Gasteiger partial charge in [0.25, 0.3) is 0 Å². The predicted molar refractivity (Wildman–Crippen MR) is 76.7 cm³/mol. The lowest BCUT2D eigenvalue weighted by molar-refractivity contribution is 0.264. The molecule has 0 bridgehead atoms. The van der Waals surface area contributed by atoms with E-state index in [0.717, 1.165) is 37.2 Å². The van der Waals surface area contributed by atoms with Crippen LogP contribution in [-0.2, 0) is 10.0 Å². The van der Waals surface area contributed by atoms with Crippen LogP contribution in [0, 0.1) is 6.92 Å². The van der Waals surface area contributed by atoms with Gasteiger partial charge in [-0.1, -0.05) is 0 Å². The molecule has 0 radical (unpaired) electrons. The second-order valence-corrected chi connectivity index (χ2v) is 6.81. The summed E-state index contributed by atoms with van der Waals surface area (Å²) in [6.45, 7) is 4.07. The Bertz CT molecular complexity index is 549. The number of benzene rings is 1. The number of piperidine rings is 1. The molecule has 19 heavy (non-hydrogen) atoms. The fourth-order valence-electron chi connectivity index (χ4n) is 2.35. The fourth-order valence-corrected chi connectivity index (χ4v) is 2.95. The van der Waals surface area contributed by atoms with Crippen molar-refractivity contribution in [1.82, 2.24) is 4.90 Å². The second-order valence-electron chi connectivity index (χ2n) is 5.24. The number of likely N-dealkylation sites (tertiary alicyclic amines) is 1. The van der Waals surface area contributed by atoms with Crippen molar-refractivity contribution in [3.63, 3.8) is 0 Å². The first-order chi connectivity index (χ1) is 8.86. The standard InChI is InChI=1S/C13H21N3O2S/c1-10-9-12(19(14,17)18)3-4-13(10)15-11-5-7-16(2)8-6-11/h3-4,9,11,15H,5-8H2,1-2H3,(H2,14,17,18). The normalized spacial score (nSPS) is 18.5. The molecule has 1 fully saturated rings. The van der Waals surface area contributed by atoms with Crippen molar-refractivity contribution in [1.29, 1.82) is 0 Å². The molecule has 1 aliphatic rings. The molecule has 5 nitrogen and oxygen atoms in total. The topological polar surface area (TPSA) is 75.4 Å². The Morgan fingerprint density at radius 3 is 2.47 bits per heavy atom. The van der Waals surface area contributed by atoms with E-state index in [0.29, 0.717) is 6.04 Å². The Hall–Kier alpha value is -1.11. The number of anilines is 1. The zero-order valence-electron chi connectivity index (χ0n) is 11.4. The van der Waals surface area contributed by atoms with Crippen molar-refractivity contribution >= 4 is 15.7 Å². The summed E-state index contributed by atoms with van der Waals surface area (Å²) in [6.07, 6.45) is 2.21. The predicted octanol–water partition coefficient (Wildman–Crippen LogP) is 1.15. The van der Waals surface area contributed by atoms with Crippen LogP contribution in [0.5, 0.6) is 0 Å². The first-order valence-corrected chi connectivity index (χ1v) is 7.99. The van der Waals surface area contributed by atoms with Gasteiger partial charge < -0.3 is 10.2 Å². The molecule has 0 aromatic heterocycles. The molecule has 1 aromatic carbocycles. The number of sulfonamides is 1. The van der Waals surface area contributed by atoms with Gasteiger partial charge in [-0.05, 0) is 63.7 Å². The van der Waals surface area contributed by atoms with Gasteiger partial charge in [0.2, 0.25) is 10.0 Å². The third-order valence-electron chi connectivity index (χ3n) is 3.60. The van der Waals surface area contributed by atoms with Crippen LogP contribution < -0.4 is 10.5 Å². The van der Waals surface area contributed by atoms with Gasteiger partial charge in [-0.2, -0.15) is 0 Å². The molecule has 0 spiro atoms. The molecule has 1 aliphatic heterocycles. The quantitative estimate of drug-likeness (QED) is 0.872. The molecule has 0 aliphatic carbocycles. The molecule has 0 atom stereocenters. The van der Waals surface area contributed by atoms with E-state index in [-0.39, 0.29) is 4.90 Å². The highest BCUT2D eigenvalue weighted by molar-refractivity contribution is 7.89. The lowest BCUT2D eigenvalue weighted by Gasteiger charge is -2.30. The maximum Gasteiger partial charge on any atom is 0.238 e. The van der Waals surface area contributed by atoms with Crippen molar-refractivity contribution in [2.45, 2.75) is 30.7 Å². The Kier molecular flexibility index (Phi) is 4.13. The maximum atomic E-state index is 11.3.